The highest BCUT2D eigenvalue weighted by molar-refractivity contribution is 5.58. The van der Waals surface area contributed by atoms with E-state index in [1.54, 1.807) is 6.08 Å². The SMILES string of the molecule is C=C[C@H]([C@H](O)CC/C(=C/c1cc(C)c(O)c(C)c1)CCC)[C@H](O)COCc1ccccc1. The molecule has 2 aromatic carbocycles. The highest BCUT2D eigenvalue weighted by atomic mass is 16.5. The molecule has 0 saturated heterocycles. The van der Waals surface area contributed by atoms with Gasteiger partial charge in [-0.15, -0.1) is 6.58 Å². The highest BCUT2D eigenvalue weighted by Crippen LogP contribution is 2.27. The predicted molar refractivity (Wildman–Crippen MR) is 131 cm³/mol. The molecule has 0 aliphatic heterocycles. The minimum Gasteiger partial charge on any atom is -0.507 e. The van der Waals surface area contributed by atoms with E-state index in [-0.39, 0.29) is 6.61 Å². The van der Waals surface area contributed by atoms with Crippen LogP contribution in [0.15, 0.2) is 60.7 Å². The smallest absolute Gasteiger partial charge is 0.121 e. The van der Waals surface area contributed by atoms with Gasteiger partial charge in [0.2, 0.25) is 0 Å². The molecular formula is C28H38O4. The maximum absolute atomic E-state index is 10.8. The number of aryl methyl sites for hydroxylation is 2. The summed E-state index contributed by atoms with van der Waals surface area (Å²) in [5, 5.41) is 31.3. The Morgan fingerprint density at radius 2 is 1.69 bits per heavy atom. The number of ether oxygens (including phenoxy) is 1. The van der Waals surface area contributed by atoms with Gasteiger partial charge in [0.05, 0.1) is 25.4 Å². The molecule has 3 N–H and O–H groups in total. The monoisotopic (exact) mass is 438 g/mol. The number of benzene rings is 2. The van der Waals surface area contributed by atoms with Crippen molar-refractivity contribution >= 4 is 6.08 Å². The van der Waals surface area contributed by atoms with E-state index in [2.05, 4.69) is 19.6 Å². The summed E-state index contributed by atoms with van der Waals surface area (Å²) in [6.45, 7) is 10.3. The van der Waals surface area contributed by atoms with Gasteiger partial charge in [-0.25, -0.2) is 0 Å². The Morgan fingerprint density at radius 3 is 2.28 bits per heavy atom. The molecule has 0 aliphatic rings. The molecule has 4 heteroatoms. The van der Waals surface area contributed by atoms with E-state index in [9.17, 15) is 15.3 Å². The zero-order valence-corrected chi connectivity index (χ0v) is 19.6. The Labute approximate surface area is 192 Å². The number of hydrogen-bond acceptors (Lipinski definition) is 4. The third-order valence-electron chi connectivity index (χ3n) is 5.78. The Hall–Kier alpha value is -2.40. The van der Waals surface area contributed by atoms with Crippen molar-refractivity contribution in [1.29, 1.82) is 0 Å². The number of phenolic OH excluding ortho intramolecular Hbond substituents is 1. The second-order valence-corrected chi connectivity index (χ2v) is 8.54. The highest BCUT2D eigenvalue weighted by Gasteiger charge is 2.24. The van der Waals surface area contributed by atoms with E-state index < -0.39 is 18.1 Å². The lowest BCUT2D eigenvalue weighted by atomic mass is 9.90. The first kappa shape index (κ1) is 25.9. The maximum atomic E-state index is 10.8. The Balaban J connectivity index is 1.95. The number of aliphatic hydroxyl groups excluding tert-OH is 2. The molecule has 0 heterocycles. The van der Waals surface area contributed by atoms with Crippen molar-refractivity contribution in [1.82, 2.24) is 0 Å². The molecule has 0 fully saturated rings. The molecule has 4 nitrogen and oxygen atoms in total. The van der Waals surface area contributed by atoms with E-state index in [4.69, 9.17) is 4.74 Å². The maximum Gasteiger partial charge on any atom is 0.121 e. The van der Waals surface area contributed by atoms with Crippen LogP contribution in [0.4, 0.5) is 0 Å². The average molecular weight is 439 g/mol. The molecule has 0 saturated carbocycles. The molecule has 0 radical (unpaired) electrons. The van der Waals surface area contributed by atoms with Crippen LogP contribution in [0.25, 0.3) is 6.08 Å². The van der Waals surface area contributed by atoms with Crippen LogP contribution in [0.2, 0.25) is 0 Å². The van der Waals surface area contributed by atoms with Crippen molar-refractivity contribution in [2.45, 2.75) is 65.3 Å². The Bertz CT molecular complexity index is 849. The average Bonchev–Trinajstić information content (AvgIpc) is 2.77. The molecular weight excluding hydrogens is 400 g/mol. The molecule has 174 valence electrons. The third-order valence-corrected chi connectivity index (χ3v) is 5.78. The summed E-state index contributed by atoms with van der Waals surface area (Å²) < 4.78 is 5.65. The van der Waals surface area contributed by atoms with Crippen molar-refractivity contribution in [3.05, 3.63) is 82.9 Å². The standard InChI is InChI=1S/C28H38O4/c1-5-10-22(17-24-15-20(3)28(31)21(4)16-24)13-14-26(29)25(6-2)27(30)19-32-18-23-11-8-7-9-12-23/h6-9,11-12,15-17,25-27,29-31H,2,5,10,13-14,18-19H2,1,3-4H3/b22-17+/t25-,26-,27-/m1/s1. The zero-order valence-electron chi connectivity index (χ0n) is 19.6. The van der Waals surface area contributed by atoms with Gasteiger partial charge in [0.15, 0.2) is 0 Å². The molecule has 3 atom stereocenters. The van der Waals surface area contributed by atoms with E-state index >= 15 is 0 Å². The van der Waals surface area contributed by atoms with Crippen LogP contribution in [-0.2, 0) is 11.3 Å². The summed E-state index contributed by atoms with van der Waals surface area (Å²) in [5.74, 6) is -0.112. The van der Waals surface area contributed by atoms with Crippen LogP contribution in [-0.4, -0.2) is 34.1 Å². The molecule has 0 amide bonds. The van der Waals surface area contributed by atoms with E-state index in [1.165, 1.54) is 5.57 Å². The van der Waals surface area contributed by atoms with Crippen LogP contribution in [0.1, 0.15) is 54.9 Å². The van der Waals surface area contributed by atoms with Crippen molar-refractivity contribution in [2.75, 3.05) is 6.61 Å². The van der Waals surface area contributed by atoms with Crippen LogP contribution in [0.5, 0.6) is 5.75 Å². The lowest BCUT2D eigenvalue weighted by Crippen LogP contribution is -2.33. The van der Waals surface area contributed by atoms with Crippen LogP contribution in [0.3, 0.4) is 0 Å². The predicted octanol–water partition coefficient (Wildman–Crippen LogP) is 5.71. The van der Waals surface area contributed by atoms with Gasteiger partial charge in [0, 0.05) is 5.92 Å². The minimum absolute atomic E-state index is 0.145. The normalized spacial score (nSPS) is 14.7. The second kappa shape index (κ2) is 13.2. The summed E-state index contributed by atoms with van der Waals surface area (Å²) >= 11 is 0. The van der Waals surface area contributed by atoms with Gasteiger partial charge in [-0.05, 0) is 67.5 Å². The fraction of sp³-hybridized carbons (Fsp3) is 0.429. The van der Waals surface area contributed by atoms with Crippen molar-refractivity contribution < 1.29 is 20.1 Å². The molecule has 0 bridgehead atoms. The lowest BCUT2D eigenvalue weighted by molar-refractivity contribution is -0.0273. The first-order valence-electron chi connectivity index (χ1n) is 11.5. The molecule has 0 aliphatic carbocycles. The van der Waals surface area contributed by atoms with Gasteiger partial charge in [-0.1, -0.05) is 61.4 Å². The summed E-state index contributed by atoms with van der Waals surface area (Å²) in [5.41, 5.74) is 5.07. The molecule has 0 spiro atoms. The number of aliphatic hydroxyl groups is 2. The molecule has 2 aromatic rings. The topological polar surface area (TPSA) is 69.9 Å². The Morgan fingerprint density at radius 1 is 1.03 bits per heavy atom. The quantitative estimate of drug-likeness (QED) is 0.350. The molecule has 0 unspecified atom stereocenters. The summed E-state index contributed by atoms with van der Waals surface area (Å²) in [6, 6.07) is 13.8. The first-order valence-corrected chi connectivity index (χ1v) is 11.5. The summed E-state index contributed by atoms with van der Waals surface area (Å²) in [6.07, 6.45) is 5.48. The first-order chi connectivity index (χ1) is 15.3. The third kappa shape index (κ3) is 7.94. The number of phenols is 1. The largest absolute Gasteiger partial charge is 0.507 e. The van der Waals surface area contributed by atoms with Crippen molar-refractivity contribution in [3.8, 4) is 5.75 Å². The van der Waals surface area contributed by atoms with E-state index in [0.29, 0.717) is 18.8 Å². The number of rotatable bonds is 13. The summed E-state index contributed by atoms with van der Waals surface area (Å²) in [7, 11) is 0. The van der Waals surface area contributed by atoms with Gasteiger partial charge in [0.1, 0.15) is 5.75 Å². The van der Waals surface area contributed by atoms with Gasteiger partial charge < -0.3 is 20.1 Å². The van der Waals surface area contributed by atoms with Crippen molar-refractivity contribution in [2.24, 2.45) is 5.92 Å². The van der Waals surface area contributed by atoms with Gasteiger partial charge in [-0.3, -0.25) is 0 Å². The lowest BCUT2D eigenvalue weighted by Gasteiger charge is -2.25. The van der Waals surface area contributed by atoms with Crippen molar-refractivity contribution in [3.63, 3.8) is 0 Å². The molecule has 0 aromatic heterocycles. The van der Waals surface area contributed by atoms with Crippen LogP contribution in [0, 0.1) is 19.8 Å². The van der Waals surface area contributed by atoms with E-state index in [0.717, 1.165) is 41.5 Å². The zero-order chi connectivity index (χ0) is 23.5. The summed E-state index contributed by atoms with van der Waals surface area (Å²) in [4.78, 5) is 0. The Kier molecular flexibility index (Phi) is 10.7. The van der Waals surface area contributed by atoms with Gasteiger partial charge >= 0.3 is 0 Å². The second-order valence-electron chi connectivity index (χ2n) is 8.54. The van der Waals surface area contributed by atoms with Gasteiger partial charge in [0.25, 0.3) is 0 Å². The van der Waals surface area contributed by atoms with Crippen LogP contribution < -0.4 is 0 Å². The fourth-order valence-electron chi connectivity index (χ4n) is 3.98. The number of allylic oxidation sites excluding steroid dienone is 1. The van der Waals surface area contributed by atoms with Crippen LogP contribution >= 0.6 is 0 Å². The minimum atomic E-state index is -0.813. The number of aromatic hydroxyl groups is 1. The number of hydrogen-bond donors (Lipinski definition) is 3. The van der Waals surface area contributed by atoms with E-state index in [1.807, 2.05) is 56.3 Å². The molecule has 2 rings (SSSR count). The van der Waals surface area contributed by atoms with Gasteiger partial charge in [-0.2, -0.15) is 0 Å². The fourth-order valence-corrected chi connectivity index (χ4v) is 3.98. The molecule has 32 heavy (non-hydrogen) atoms.